The van der Waals surface area contributed by atoms with Crippen molar-refractivity contribution in [2.45, 2.75) is 40.0 Å². The third-order valence-electron chi connectivity index (χ3n) is 6.73. The first-order chi connectivity index (χ1) is 20.3. The van der Waals surface area contributed by atoms with Crippen LogP contribution in [0.15, 0.2) is 78.9 Å². The van der Waals surface area contributed by atoms with E-state index in [1.807, 2.05) is 37.3 Å². The van der Waals surface area contributed by atoms with Gasteiger partial charge in [0.05, 0.1) is 20.3 Å². The van der Waals surface area contributed by atoms with E-state index < -0.39 is 5.97 Å². The van der Waals surface area contributed by atoms with Gasteiger partial charge in [-0.05, 0) is 72.4 Å². The van der Waals surface area contributed by atoms with Gasteiger partial charge in [-0.1, -0.05) is 51.1 Å². The molecular formula is C35H37FO6. The Morgan fingerprint density at radius 2 is 1.52 bits per heavy atom. The van der Waals surface area contributed by atoms with Crippen LogP contribution in [0.4, 0.5) is 4.39 Å². The average molecular weight is 573 g/mol. The van der Waals surface area contributed by atoms with E-state index in [1.54, 1.807) is 36.4 Å². The van der Waals surface area contributed by atoms with E-state index in [1.165, 1.54) is 19.2 Å². The number of hydrogen-bond donors (Lipinski definition) is 1. The van der Waals surface area contributed by atoms with Gasteiger partial charge in [0.1, 0.15) is 40.1 Å². The maximum absolute atomic E-state index is 13.3. The smallest absolute Gasteiger partial charge is 0.341 e. The number of hydrogen-bond acceptors (Lipinski definition) is 6. The molecule has 0 saturated heterocycles. The molecule has 4 rings (SSSR count). The quantitative estimate of drug-likeness (QED) is 0.128. The zero-order chi connectivity index (χ0) is 30.1. The molecule has 0 aliphatic heterocycles. The minimum atomic E-state index is -0.465. The molecule has 0 spiro atoms. The first-order valence-corrected chi connectivity index (χ1v) is 14.1. The molecule has 0 fully saturated rings. The standard InChI is InChI=1S/C35H37FO6/c1-5-24-21-28(25-14-16-26(36)17-15-25)30(37)22-34(24)41-19-9-18-40-31-12-8-13-33(29(31)20-23(2)3)42-32-11-7-6-10-27(32)35(38)39-4/h6-8,10-17,21-23,37H,5,9,18-20H2,1-4H3. The largest absolute Gasteiger partial charge is 0.507 e. The fourth-order valence-electron chi connectivity index (χ4n) is 4.65. The predicted octanol–water partition coefficient (Wildman–Crippen LogP) is 8.39. The molecule has 0 atom stereocenters. The number of carbonyl (C=O) groups is 1. The van der Waals surface area contributed by atoms with Crippen molar-refractivity contribution in [2.24, 2.45) is 5.92 Å². The second-order valence-electron chi connectivity index (χ2n) is 10.3. The first kappa shape index (κ1) is 30.4. The molecule has 0 bridgehead atoms. The number of aryl methyl sites for hydroxylation is 1. The molecule has 0 heterocycles. The summed E-state index contributed by atoms with van der Waals surface area (Å²) in [5.41, 5.74) is 3.59. The number of aromatic hydroxyl groups is 1. The Morgan fingerprint density at radius 1 is 0.857 bits per heavy atom. The van der Waals surface area contributed by atoms with Crippen LogP contribution in [-0.4, -0.2) is 31.4 Å². The highest BCUT2D eigenvalue weighted by Crippen LogP contribution is 2.37. The molecule has 7 heteroatoms. The summed E-state index contributed by atoms with van der Waals surface area (Å²) in [6, 6.07) is 22.2. The maximum Gasteiger partial charge on any atom is 0.341 e. The molecule has 0 aliphatic carbocycles. The molecule has 1 N–H and O–H groups in total. The third-order valence-corrected chi connectivity index (χ3v) is 6.73. The molecule has 4 aromatic carbocycles. The van der Waals surface area contributed by atoms with E-state index in [-0.39, 0.29) is 11.6 Å². The summed E-state index contributed by atoms with van der Waals surface area (Å²) in [7, 11) is 1.34. The molecule has 4 aromatic rings. The summed E-state index contributed by atoms with van der Waals surface area (Å²) in [6.07, 6.45) is 2.05. The van der Waals surface area contributed by atoms with Crippen molar-refractivity contribution in [2.75, 3.05) is 20.3 Å². The van der Waals surface area contributed by atoms with Crippen LogP contribution < -0.4 is 14.2 Å². The van der Waals surface area contributed by atoms with Gasteiger partial charge >= 0.3 is 5.97 Å². The zero-order valence-electron chi connectivity index (χ0n) is 24.5. The van der Waals surface area contributed by atoms with Crippen molar-refractivity contribution in [3.05, 3.63) is 101 Å². The van der Waals surface area contributed by atoms with Crippen LogP contribution in [0.1, 0.15) is 48.7 Å². The van der Waals surface area contributed by atoms with Crippen molar-refractivity contribution in [1.82, 2.24) is 0 Å². The van der Waals surface area contributed by atoms with Gasteiger partial charge in [0.25, 0.3) is 0 Å². The molecule has 0 radical (unpaired) electrons. The van der Waals surface area contributed by atoms with Gasteiger partial charge in [-0.15, -0.1) is 0 Å². The van der Waals surface area contributed by atoms with Crippen LogP contribution in [-0.2, 0) is 17.6 Å². The number of carbonyl (C=O) groups excluding carboxylic acids is 1. The number of benzene rings is 4. The number of rotatable bonds is 13. The number of ether oxygens (including phenoxy) is 4. The van der Waals surface area contributed by atoms with Gasteiger partial charge in [0.15, 0.2) is 0 Å². The third kappa shape index (κ3) is 7.60. The van der Waals surface area contributed by atoms with Crippen molar-refractivity contribution < 1.29 is 33.2 Å². The van der Waals surface area contributed by atoms with E-state index in [4.69, 9.17) is 18.9 Å². The number of phenolic OH excluding ortho intramolecular Hbond substituents is 1. The minimum Gasteiger partial charge on any atom is -0.507 e. The highest BCUT2D eigenvalue weighted by atomic mass is 19.1. The molecule has 0 unspecified atom stereocenters. The molecule has 220 valence electrons. The van der Waals surface area contributed by atoms with Gasteiger partial charge in [-0.2, -0.15) is 0 Å². The van der Waals surface area contributed by atoms with Crippen molar-refractivity contribution in [3.8, 4) is 39.9 Å². The number of para-hydroxylation sites is 1. The summed E-state index contributed by atoms with van der Waals surface area (Å²) in [5, 5.41) is 10.6. The predicted molar refractivity (Wildman–Crippen MR) is 161 cm³/mol. The Labute approximate surface area is 246 Å². The van der Waals surface area contributed by atoms with E-state index in [2.05, 4.69) is 13.8 Å². The zero-order valence-corrected chi connectivity index (χ0v) is 24.5. The average Bonchev–Trinajstić information content (AvgIpc) is 2.98. The van der Waals surface area contributed by atoms with Crippen LogP contribution in [0.25, 0.3) is 11.1 Å². The van der Waals surface area contributed by atoms with Gasteiger partial charge in [0, 0.05) is 23.6 Å². The van der Waals surface area contributed by atoms with E-state index in [0.29, 0.717) is 66.1 Å². The highest BCUT2D eigenvalue weighted by molar-refractivity contribution is 5.92. The molecule has 0 saturated carbocycles. The SMILES string of the molecule is CCc1cc(-c2ccc(F)cc2)c(O)cc1OCCCOc1cccc(Oc2ccccc2C(=O)OC)c1CC(C)C. The Kier molecular flexibility index (Phi) is 10.4. The number of methoxy groups -OCH3 is 1. The molecule has 6 nitrogen and oxygen atoms in total. The Balaban J connectivity index is 1.42. The monoisotopic (exact) mass is 572 g/mol. The minimum absolute atomic E-state index is 0.0778. The van der Waals surface area contributed by atoms with Gasteiger partial charge in [0.2, 0.25) is 0 Å². The lowest BCUT2D eigenvalue weighted by molar-refractivity contribution is 0.0598. The second-order valence-corrected chi connectivity index (χ2v) is 10.3. The number of phenols is 1. The molecule has 42 heavy (non-hydrogen) atoms. The molecule has 0 aromatic heterocycles. The normalized spacial score (nSPS) is 10.9. The molecule has 0 amide bonds. The van der Waals surface area contributed by atoms with Crippen LogP contribution >= 0.6 is 0 Å². The lowest BCUT2D eigenvalue weighted by atomic mass is 10.00. The van der Waals surface area contributed by atoms with E-state index in [0.717, 1.165) is 23.1 Å². The fourth-order valence-corrected chi connectivity index (χ4v) is 4.65. The van der Waals surface area contributed by atoms with Gasteiger partial charge in [-0.25, -0.2) is 9.18 Å². The fraction of sp³-hybridized carbons (Fsp3) is 0.286. The van der Waals surface area contributed by atoms with E-state index in [9.17, 15) is 14.3 Å². The van der Waals surface area contributed by atoms with Gasteiger partial charge in [-0.3, -0.25) is 0 Å². The Bertz CT molecular complexity index is 1500. The summed E-state index contributed by atoms with van der Waals surface area (Å²) >= 11 is 0. The molecular weight excluding hydrogens is 535 g/mol. The summed E-state index contributed by atoms with van der Waals surface area (Å²) in [5.74, 6) is 2.00. The lowest BCUT2D eigenvalue weighted by Crippen LogP contribution is -2.09. The number of halogens is 1. The summed E-state index contributed by atoms with van der Waals surface area (Å²) in [4.78, 5) is 12.2. The van der Waals surface area contributed by atoms with Crippen molar-refractivity contribution in [3.63, 3.8) is 0 Å². The molecule has 0 aliphatic rings. The van der Waals surface area contributed by atoms with Crippen molar-refractivity contribution in [1.29, 1.82) is 0 Å². The Hall–Kier alpha value is -4.52. The first-order valence-electron chi connectivity index (χ1n) is 14.1. The van der Waals surface area contributed by atoms with E-state index >= 15 is 0 Å². The van der Waals surface area contributed by atoms with Crippen LogP contribution in [0, 0.1) is 11.7 Å². The maximum atomic E-state index is 13.3. The lowest BCUT2D eigenvalue weighted by Gasteiger charge is -2.19. The summed E-state index contributed by atoms with van der Waals surface area (Å²) < 4.78 is 36.7. The Morgan fingerprint density at radius 3 is 2.21 bits per heavy atom. The van der Waals surface area contributed by atoms with Crippen LogP contribution in [0.2, 0.25) is 0 Å². The van der Waals surface area contributed by atoms with Crippen molar-refractivity contribution >= 4 is 5.97 Å². The second kappa shape index (κ2) is 14.4. The van der Waals surface area contributed by atoms with Crippen LogP contribution in [0.5, 0.6) is 28.7 Å². The summed E-state index contributed by atoms with van der Waals surface area (Å²) in [6.45, 7) is 7.07. The highest BCUT2D eigenvalue weighted by Gasteiger charge is 2.18. The van der Waals surface area contributed by atoms with Gasteiger partial charge < -0.3 is 24.1 Å². The van der Waals surface area contributed by atoms with Crippen LogP contribution in [0.3, 0.4) is 0 Å². The number of esters is 1. The topological polar surface area (TPSA) is 74.2 Å².